The second kappa shape index (κ2) is 7.95. The lowest BCUT2D eigenvalue weighted by molar-refractivity contribution is -0.142. The second-order valence-corrected chi connectivity index (χ2v) is 5.79. The van der Waals surface area contributed by atoms with Gasteiger partial charge in [0.25, 0.3) is 0 Å². The first kappa shape index (κ1) is 16.7. The monoisotopic (exact) mass is 258 g/mol. The van der Waals surface area contributed by atoms with Crippen molar-refractivity contribution in [2.75, 3.05) is 13.1 Å². The number of carbonyl (C=O) groups is 2. The fourth-order valence-electron chi connectivity index (χ4n) is 1.64. The van der Waals surface area contributed by atoms with Crippen molar-refractivity contribution >= 4 is 12.0 Å². The van der Waals surface area contributed by atoms with Crippen molar-refractivity contribution in [1.82, 2.24) is 10.6 Å². The van der Waals surface area contributed by atoms with E-state index in [-0.39, 0.29) is 18.0 Å². The third kappa shape index (κ3) is 8.84. The van der Waals surface area contributed by atoms with Crippen molar-refractivity contribution in [3.05, 3.63) is 0 Å². The molecule has 1 unspecified atom stereocenters. The predicted molar refractivity (Wildman–Crippen MR) is 71.5 cm³/mol. The van der Waals surface area contributed by atoms with Crippen LogP contribution in [0.3, 0.4) is 0 Å². The number of nitrogens with one attached hydrogen (secondary N) is 2. The molecule has 0 aromatic heterocycles. The molecule has 3 N–H and O–H groups in total. The highest BCUT2D eigenvalue weighted by Gasteiger charge is 2.24. The molecule has 0 aliphatic heterocycles. The van der Waals surface area contributed by atoms with Gasteiger partial charge in [0, 0.05) is 13.1 Å². The predicted octanol–water partition coefficient (Wildman–Crippen LogP) is 2.22. The van der Waals surface area contributed by atoms with Crippen LogP contribution < -0.4 is 10.6 Å². The molecule has 5 nitrogen and oxygen atoms in total. The van der Waals surface area contributed by atoms with E-state index in [0.717, 1.165) is 12.8 Å². The van der Waals surface area contributed by atoms with E-state index in [1.807, 2.05) is 27.7 Å². The van der Waals surface area contributed by atoms with Crippen LogP contribution in [0.2, 0.25) is 0 Å². The first-order valence-electron chi connectivity index (χ1n) is 6.50. The average molecular weight is 258 g/mol. The minimum absolute atomic E-state index is 0.0660. The Morgan fingerprint density at radius 1 is 1.22 bits per heavy atom. The molecule has 0 aliphatic carbocycles. The zero-order valence-corrected chi connectivity index (χ0v) is 11.9. The van der Waals surface area contributed by atoms with Gasteiger partial charge in [-0.05, 0) is 18.3 Å². The number of carbonyl (C=O) groups excluding carboxylic acids is 1. The van der Waals surface area contributed by atoms with Crippen LogP contribution in [-0.4, -0.2) is 30.2 Å². The highest BCUT2D eigenvalue weighted by atomic mass is 16.4. The first-order valence-corrected chi connectivity index (χ1v) is 6.50. The number of unbranched alkanes of at least 4 members (excludes halogenated alkanes) is 1. The van der Waals surface area contributed by atoms with E-state index in [0.29, 0.717) is 13.0 Å². The van der Waals surface area contributed by atoms with E-state index in [9.17, 15) is 9.59 Å². The van der Waals surface area contributed by atoms with E-state index >= 15 is 0 Å². The van der Waals surface area contributed by atoms with Crippen molar-refractivity contribution in [2.45, 2.75) is 47.0 Å². The Bertz CT molecular complexity index is 272. The summed E-state index contributed by atoms with van der Waals surface area (Å²) in [6, 6.07) is -0.288. The number of carboxylic acid groups (broad SMARTS) is 1. The number of amides is 2. The molecule has 0 aromatic carbocycles. The molecule has 0 spiro atoms. The van der Waals surface area contributed by atoms with Gasteiger partial charge in [-0.1, -0.05) is 34.1 Å². The Balaban J connectivity index is 4.04. The summed E-state index contributed by atoms with van der Waals surface area (Å²) in [5, 5.41) is 14.4. The van der Waals surface area contributed by atoms with Gasteiger partial charge in [-0.15, -0.1) is 0 Å². The third-order valence-electron chi connectivity index (χ3n) is 2.53. The molecule has 0 radical (unpaired) electrons. The molecular weight excluding hydrogens is 232 g/mol. The van der Waals surface area contributed by atoms with Crippen LogP contribution in [0.15, 0.2) is 0 Å². The molecule has 2 amide bonds. The van der Waals surface area contributed by atoms with E-state index < -0.39 is 11.9 Å². The van der Waals surface area contributed by atoms with E-state index in [4.69, 9.17) is 5.11 Å². The highest BCUT2D eigenvalue weighted by Crippen LogP contribution is 2.24. The summed E-state index contributed by atoms with van der Waals surface area (Å²) in [7, 11) is 0. The Labute approximate surface area is 109 Å². The first-order chi connectivity index (χ1) is 8.26. The van der Waals surface area contributed by atoms with Gasteiger partial charge >= 0.3 is 12.0 Å². The minimum atomic E-state index is -0.862. The van der Waals surface area contributed by atoms with Crippen LogP contribution in [-0.2, 0) is 4.79 Å². The summed E-state index contributed by atoms with van der Waals surface area (Å²) in [4.78, 5) is 22.5. The van der Waals surface area contributed by atoms with Gasteiger partial charge in [0.2, 0.25) is 0 Å². The summed E-state index contributed by atoms with van der Waals surface area (Å²) in [5.41, 5.74) is -0.0660. The van der Waals surface area contributed by atoms with Gasteiger partial charge in [0.05, 0.1) is 5.92 Å². The minimum Gasteiger partial charge on any atom is -0.481 e. The zero-order valence-electron chi connectivity index (χ0n) is 11.9. The molecule has 18 heavy (non-hydrogen) atoms. The lowest BCUT2D eigenvalue weighted by Crippen LogP contribution is -2.41. The molecule has 0 rings (SSSR count). The Morgan fingerprint density at radius 2 is 1.83 bits per heavy atom. The summed E-state index contributed by atoms with van der Waals surface area (Å²) in [6.07, 6.45) is 2.48. The van der Waals surface area contributed by atoms with Crippen LogP contribution in [0, 0.1) is 11.3 Å². The second-order valence-electron chi connectivity index (χ2n) is 5.79. The maximum absolute atomic E-state index is 11.4. The van der Waals surface area contributed by atoms with Crippen molar-refractivity contribution in [3.63, 3.8) is 0 Å². The van der Waals surface area contributed by atoms with E-state index in [2.05, 4.69) is 10.6 Å². The lowest BCUT2D eigenvalue weighted by atomic mass is 9.84. The van der Waals surface area contributed by atoms with Gasteiger partial charge in [-0.25, -0.2) is 4.79 Å². The molecule has 106 valence electrons. The largest absolute Gasteiger partial charge is 0.481 e. The maximum Gasteiger partial charge on any atom is 0.314 e. The van der Waals surface area contributed by atoms with Gasteiger partial charge < -0.3 is 15.7 Å². The fourth-order valence-corrected chi connectivity index (χ4v) is 1.64. The molecule has 0 bridgehead atoms. The molecule has 1 atom stereocenters. The van der Waals surface area contributed by atoms with Crippen molar-refractivity contribution in [1.29, 1.82) is 0 Å². The van der Waals surface area contributed by atoms with Gasteiger partial charge in [-0.2, -0.15) is 0 Å². The summed E-state index contributed by atoms with van der Waals surface area (Å²) >= 11 is 0. The van der Waals surface area contributed by atoms with Crippen LogP contribution in [0.25, 0.3) is 0 Å². The van der Waals surface area contributed by atoms with Crippen LogP contribution in [0.1, 0.15) is 47.0 Å². The number of hydrogen-bond acceptors (Lipinski definition) is 2. The van der Waals surface area contributed by atoms with E-state index in [1.54, 1.807) is 0 Å². The molecule has 0 aliphatic rings. The van der Waals surface area contributed by atoms with Crippen molar-refractivity contribution < 1.29 is 14.7 Å². The molecule has 0 fully saturated rings. The van der Waals surface area contributed by atoms with Crippen molar-refractivity contribution in [2.24, 2.45) is 11.3 Å². The quantitative estimate of drug-likeness (QED) is 0.613. The number of aliphatic carboxylic acids is 1. The molecule has 0 saturated carbocycles. The Hall–Kier alpha value is -1.26. The zero-order chi connectivity index (χ0) is 14.2. The summed E-state index contributed by atoms with van der Waals surface area (Å²) in [6.45, 7) is 8.81. The fraction of sp³-hybridized carbons (Fsp3) is 0.846. The summed E-state index contributed by atoms with van der Waals surface area (Å²) < 4.78 is 0. The normalized spacial score (nSPS) is 12.9. The van der Waals surface area contributed by atoms with Crippen LogP contribution in [0.4, 0.5) is 4.79 Å². The lowest BCUT2D eigenvalue weighted by Gasteiger charge is -2.23. The Kier molecular flexibility index (Phi) is 7.39. The number of carboxylic acids is 1. The average Bonchev–Trinajstić information content (AvgIpc) is 2.22. The Morgan fingerprint density at radius 3 is 2.28 bits per heavy atom. The number of hydrogen-bond donors (Lipinski definition) is 3. The van der Waals surface area contributed by atoms with Gasteiger partial charge in [-0.3, -0.25) is 4.79 Å². The molecule has 0 saturated heterocycles. The third-order valence-corrected chi connectivity index (χ3v) is 2.53. The smallest absolute Gasteiger partial charge is 0.314 e. The van der Waals surface area contributed by atoms with Gasteiger partial charge in [0.1, 0.15) is 0 Å². The molecule has 0 heterocycles. The SMILES string of the molecule is CCCCNC(=O)NCC(CC(C)(C)C)C(=O)O. The van der Waals surface area contributed by atoms with Crippen molar-refractivity contribution in [3.8, 4) is 0 Å². The molecular formula is C13H26N2O3. The van der Waals surface area contributed by atoms with Gasteiger partial charge in [0.15, 0.2) is 0 Å². The van der Waals surface area contributed by atoms with Crippen LogP contribution >= 0.6 is 0 Å². The number of urea groups is 1. The highest BCUT2D eigenvalue weighted by molar-refractivity contribution is 5.75. The number of rotatable bonds is 7. The topological polar surface area (TPSA) is 78.4 Å². The van der Waals surface area contributed by atoms with E-state index in [1.165, 1.54) is 0 Å². The maximum atomic E-state index is 11.4. The van der Waals surface area contributed by atoms with Crippen LogP contribution in [0.5, 0.6) is 0 Å². The summed E-state index contributed by atoms with van der Waals surface area (Å²) in [5.74, 6) is -1.40. The molecule has 0 aromatic rings. The standard InChI is InChI=1S/C13H26N2O3/c1-5-6-7-14-12(18)15-9-10(11(16)17)8-13(2,3)4/h10H,5-9H2,1-4H3,(H,16,17)(H2,14,15,18). The molecule has 5 heteroatoms.